The average molecular weight is 311 g/mol. The van der Waals surface area contributed by atoms with E-state index in [1.165, 1.54) is 127 Å². The molecule has 1 fully saturated rings. The van der Waals surface area contributed by atoms with Crippen molar-refractivity contribution in [3.8, 4) is 0 Å². The summed E-state index contributed by atoms with van der Waals surface area (Å²) in [6.45, 7) is 10.5. The van der Waals surface area contributed by atoms with E-state index in [0.29, 0.717) is 0 Å². The molecular formula is C21H44N+. The van der Waals surface area contributed by atoms with Gasteiger partial charge in [0.2, 0.25) is 0 Å². The number of hydrogen-bond donors (Lipinski definition) is 0. The lowest BCUT2D eigenvalue weighted by Crippen LogP contribution is -2.51. The van der Waals surface area contributed by atoms with Crippen LogP contribution in [-0.2, 0) is 0 Å². The molecule has 0 amide bonds. The second kappa shape index (κ2) is 13.4. The van der Waals surface area contributed by atoms with Crippen molar-refractivity contribution in [2.24, 2.45) is 0 Å². The number of quaternary nitrogens is 1. The first kappa shape index (κ1) is 20.0. The molecule has 0 aromatic heterocycles. The normalized spacial score (nSPS) is 17.7. The van der Waals surface area contributed by atoms with Crippen LogP contribution in [0.1, 0.15) is 110 Å². The molecule has 0 radical (unpaired) electrons. The number of likely N-dealkylation sites (tertiary alicyclic amines) is 1. The molecule has 0 saturated carbocycles. The Morgan fingerprint density at radius 1 is 0.545 bits per heavy atom. The summed E-state index contributed by atoms with van der Waals surface area (Å²) < 4.78 is 1.44. The summed E-state index contributed by atoms with van der Waals surface area (Å²) in [5, 5.41) is 0. The monoisotopic (exact) mass is 310 g/mol. The van der Waals surface area contributed by atoms with E-state index in [1.807, 2.05) is 0 Å². The van der Waals surface area contributed by atoms with Gasteiger partial charge in [-0.1, -0.05) is 71.1 Å². The molecule has 0 spiro atoms. The molecule has 0 atom stereocenters. The SMILES string of the molecule is CCCCCCCCCCCCCC[N+]1(CC)CCCCC1. The van der Waals surface area contributed by atoms with Crippen LogP contribution in [0.4, 0.5) is 0 Å². The molecule has 0 aliphatic carbocycles. The van der Waals surface area contributed by atoms with Gasteiger partial charge in [-0.3, -0.25) is 0 Å². The fraction of sp³-hybridized carbons (Fsp3) is 1.00. The van der Waals surface area contributed by atoms with E-state index >= 15 is 0 Å². The van der Waals surface area contributed by atoms with Gasteiger partial charge in [-0.15, -0.1) is 0 Å². The van der Waals surface area contributed by atoms with Gasteiger partial charge in [-0.05, 0) is 39.0 Å². The Morgan fingerprint density at radius 3 is 1.45 bits per heavy atom. The molecule has 1 heterocycles. The molecule has 0 aromatic carbocycles. The van der Waals surface area contributed by atoms with Crippen molar-refractivity contribution in [1.82, 2.24) is 0 Å². The van der Waals surface area contributed by atoms with Gasteiger partial charge in [0.05, 0.1) is 26.2 Å². The standard InChI is InChI=1S/C21H44N/c1-3-5-6-7-8-9-10-11-12-13-14-16-19-22(4-2)20-17-15-18-21-22/h3-21H2,1-2H3/q+1. The summed E-state index contributed by atoms with van der Waals surface area (Å²) in [6.07, 6.45) is 22.1. The topological polar surface area (TPSA) is 0 Å². The highest BCUT2D eigenvalue weighted by Gasteiger charge is 2.26. The van der Waals surface area contributed by atoms with E-state index in [1.54, 1.807) is 0 Å². The van der Waals surface area contributed by atoms with Gasteiger partial charge < -0.3 is 4.48 Å². The predicted molar refractivity (Wildman–Crippen MR) is 100 cm³/mol. The van der Waals surface area contributed by atoms with Crippen molar-refractivity contribution in [1.29, 1.82) is 0 Å². The van der Waals surface area contributed by atoms with Crippen molar-refractivity contribution in [2.45, 2.75) is 110 Å². The van der Waals surface area contributed by atoms with E-state index in [-0.39, 0.29) is 0 Å². The highest BCUT2D eigenvalue weighted by molar-refractivity contribution is 4.55. The van der Waals surface area contributed by atoms with Crippen LogP contribution in [0.25, 0.3) is 0 Å². The zero-order valence-corrected chi connectivity index (χ0v) is 15.9. The number of piperidine rings is 1. The van der Waals surface area contributed by atoms with E-state index in [4.69, 9.17) is 0 Å². The van der Waals surface area contributed by atoms with E-state index in [0.717, 1.165) is 0 Å². The van der Waals surface area contributed by atoms with Gasteiger partial charge in [-0.25, -0.2) is 0 Å². The van der Waals surface area contributed by atoms with Crippen LogP contribution in [0.15, 0.2) is 0 Å². The Morgan fingerprint density at radius 2 is 1.00 bits per heavy atom. The minimum Gasteiger partial charge on any atom is -0.324 e. The van der Waals surface area contributed by atoms with Gasteiger partial charge in [0.1, 0.15) is 0 Å². The maximum absolute atomic E-state index is 2.41. The smallest absolute Gasteiger partial charge is 0.0786 e. The maximum atomic E-state index is 2.41. The first-order valence-corrected chi connectivity index (χ1v) is 10.7. The van der Waals surface area contributed by atoms with Crippen molar-refractivity contribution in [3.05, 3.63) is 0 Å². The Labute approximate surface area is 141 Å². The van der Waals surface area contributed by atoms with Gasteiger partial charge in [0.15, 0.2) is 0 Å². The first-order chi connectivity index (χ1) is 10.8. The van der Waals surface area contributed by atoms with Crippen molar-refractivity contribution < 1.29 is 4.48 Å². The highest BCUT2D eigenvalue weighted by atomic mass is 15.3. The third kappa shape index (κ3) is 9.18. The van der Waals surface area contributed by atoms with Crippen LogP contribution in [-0.4, -0.2) is 30.7 Å². The number of unbranched alkanes of at least 4 members (excludes halogenated alkanes) is 11. The van der Waals surface area contributed by atoms with Crippen LogP contribution in [0.5, 0.6) is 0 Å². The zero-order chi connectivity index (χ0) is 15.9. The Bertz CT molecular complexity index is 230. The molecule has 1 rings (SSSR count). The Hall–Kier alpha value is -0.0400. The van der Waals surface area contributed by atoms with Crippen LogP contribution in [0, 0.1) is 0 Å². The third-order valence-corrected chi connectivity index (χ3v) is 5.92. The van der Waals surface area contributed by atoms with E-state index in [2.05, 4.69) is 13.8 Å². The van der Waals surface area contributed by atoms with Gasteiger partial charge in [0, 0.05) is 0 Å². The van der Waals surface area contributed by atoms with Crippen LogP contribution in [0.2, 0.25) is 0 Å². The number of rotatable bonds is 14. The van der Waals surface area contributed by atoms with Gasteiger partial charge in [0.25, 0.3) is 0 Å². The Kier molecular flexibility index (Phi) is 12.2. The molecule has 0 aromatic rings. The van der Waals surface area contributed by atoms with Crippen LogP contribution >= 0.6 is 0 Å². The zero-order valence-electron chi connectivity index (χ0n) is 15.9. The molecule has 1 aliphatic rings. The molecule has 132 valence electrons. The lowest BCUT2D eigenvalue weighted by atomic mass is 10.0. The summed E-state index contributed by atoms with van der Waals surface area (Å²) >= 11 is 0. The molecule has 1 saturated heterocycles. The lowest BCUT2D eigenvalue weighted by Gasteiger charge is -2.41. The highest BCUT2D eigenvalue weighted by Crippen LogP contribution is 2.20. The average Bonchev–Trinajstić information content (AvgIpc) is 2.57. The van der Waals surface area contributed by atoms with E-state index < -0.39 is 0 Å². The van der Waals surface area contributed by atoms with Crippen LogP contribution in [0.3, 0.4) is 0 Å². The molecule has 1 heteroatoms. The molecular weight excluding hydrogens is 266 g/mol. The largest absolute Gasteiger partial charge is 0.324 e. The van der Waals surface area contributed by atoms with Gasteiger partial charge >= 0.3 is 0 Å². The second-order valence-corrected chi connectivity index (χ2v) is 7.78. The fourth-order valence-corrected chi connectivity index (χ4v) is 4.17. The number of nitrogens with zero attached hydrogens (tertiary/aromatic N) is 1. The van der Waals surface area contributed by atoms with Crippen LogP contribution < -0.4 is 0 Å². The minimum absolute atomic E-state index is 1.37. The lowest BCUT2D eigenvalue weighted by molar-refractivity contribution is -0.931. The first-order valence-electron chi connectivity index (χ1n) is 10.7. The number of hydrogen-bond acceptors (Lipinski definition) is 0. The van der Waals surface area contributed by atoms with Gasteiger partial charge in [-0.2, -0.15) is 0 Å². The fourth-order valence-electron chi connectivity index (χ4n) is 4.17. The predicted octanol–water partition coefficient (Wildman–Crippen LogP) is 6.71. The molecule has 1 aliphatic heterocycles. The van der Waals surface area contributed by atoms with Crippen molar-refractivity contribution in [2.75, 3.05) is 26.2 Å². The summed E-state index contributed by atoms with van der Waals surface area (Å²) in [6, 6.07) is 0. The summed E-state index contributed by atoms with van der Waals surface area (Å²) in [4.78, 5) is 0. The van der Waals surface area contributed by atoms with Crippen molar-refractivity contribution in [3.63, 3.8) is 0 Å². The molecule has 0 bridgehead atoms. The summed E-state index contributed by atoms with van der Waals surface area (Å²) in [5.74, 6) is 0. The summed E-state index contributed by atoms with van der Waals surface area (Å²) in [7, 11) is 0. The second-order valence-electron chi connectivity index (χ2n) is 7.78. The Balaban J connectivity index is 1.85. The van der Waals surface area contributed by atoms with E-state index in [9.17, 15) is 0 Å². The molecule has 0 N–H and O–H groups in total. The quantitative estimate of drug-likeness (QED) is 0.247. The molecule has 0 unspecified atom stereocenters. The molecule has 22 heavy (non-hydrogen) atoms. The third-order valence-electron chi connectivity index (χ3n) is 5.92. The molecule has 1 nitrogen and oxygen atoms in total. The maximum Gasteiger partial charge on any atom is 0.0786 e. The minimum atomic E-state index is 1.37. The summed E-state index contributed by atoms with van der Waals surface area (Å²) in [5.41, 5.74) is 0. The van der Waals surface area contributed by atoms with Crippen molar-refractivity contribution >= 4 is 0 Å².